The quantitative estimate of drug-likeness (QED) is 0.176. The number of benzene rings is 1. The van der Waals surface area contributed by atoms with Crippen molar-refractivity contribution in [1.82, 2.24) is 0 Å². The number of allylic oxidation sites excluding steroid dienone is 3. The van der Waals surface area contributed by atoms with Crippen molar-refractivity contribution < 1.29 is 42.1 Å². The van der Waals surface area contributed by atoms with E-state index in [1.54, 1.807) is 6.92 Å². The van der Waals surface area contributed by atoms with E-state index in [2.05, 4.69) is 4.74 Å². The van der Waals surface area contributed by atoms with Crippen LogP contribution in [0.2, 0.25) is 0 Å². The standard InChI is InChI=1S/C28H39F3O6/c1-7-21(14-12-13-20(3)19-24(32)35-5)17-18-23(26(4,34)8-2)37-25(33)27(36-6,28(29,30)31)22-15-10-9-11-16-22/h9-11,14-16,19,23,34H,7-8,12-13,17-18H2,1-6H3/b20-19+,21-14+/t23-,26-,27+/m0/s1. The van der Waals surface area contributed by atoms with Crippen LogP contribution in [0, 0.1) is 0 Å². The fraction of sp³-hybridized carbons (Fsp3) is 0.571. The van der Waals surface area contributed by atoms with E-state index in [0.717, 1.165) is 30.4 Å². The van der Waals surface area contributed by atoms with Gasteiger partial charge in [0.2, 0.25) is 0 Å². The number of rotatable bonds is 14. The van der Waals surface area contributed by atoms with Crippen molar-refractivity contribution in [1.29, 1.82) is 0 Å². The number of methoxy groups -OCH3 is 2. The molecule has 1 N–H and O–H groups in total. The molecule has 0 aliphatic heterocycles. The molecule has 0 heterocycles. The molecule has 0 saturated heterocycles. The van der Waals surface area contributed by atoms with Crippen molar-refractivity contribution >= 4 is 11.9 Å². The first-order valence-corrected chi connectivity index (χ1v) is 12.3. The first-order chi connectivity index (χ1) is 17.3. The third-order valence-corrected chi connectivity index (χ3v) is 6.55. The summed E-state index contributed by atoms with van der Waals surface area (Å²) in [5.74, 6) is -2.05. The topological polar surface area (TPSA) is 82.1 Å². The number of aliphatic hydroxyl groups is 1. The molecule has 0 radical (unpaired) electrons. The van der Waals surface area contributed by atoms with Gasteiger partial charge < -0.3 is 19.3 Å². The van der Waals surface area contributed by atoms with Crippen LogP contribution in [-0.2, 0) is 29.4 Å². The third-order valence-electron chi connectivity index (χ3n) is 6.55. The van der Waals surface area contributed by atoms with Crippen LogP contribution in [0.15, 0.2) is 53.6 Å². The van der Waals surface area contributed by atoms with E-state index in [1.165, 1.54) is 38.3 Å². The number of hydrogen-bond donors (Lipinski definition) is 1. The molecule has 6 nitrogen and oxygen atoms in total. The van der Waals surface area contributed by atoms with Crippen molar-refractivity contribution in [3.63, 3.8) is 0 Å². The van der Waals surface area contributed by atoms with Gasteiger partial charge in [0, 0.05) is 18.7 Å². The highest BCUT2D eigenvalue weighted by molar-refractivity contribution is 5.83. The van der Waals surface area contributed by atoms with E-state index in [0.29, 0.717) is 25.7 Å². The van der Waals surface area contributed by atoms with Gasteiger partial charge in [-0.3, -0.25) is 0 Å². The highest BCUT2D eigenvalue weighted by Crippen LogP contribution is 2.44. The second-order valence-corrected chi connectivity index (χ2v) is 9.16. The number of alkyl halides is 3. The zero-order valence-electron chi connectivity index (χ0n) is 22.5. The molecule has 0 saturated carbocycles. The lowest BCUT2D eigenvalue weighted by atomic mass is 9.89. The van der Waals surface area contributed by atoms with Gasteiger partial charge in [-0.25, -0.2) is 9.59 Å². The molecule has 0 aliphatic rings. The van der Waals surface area contributed by atoms with Gasteiger partial charge >= 0.3 is 18.1 Å². The molecule has 37 heavy (non-hydrogen) atoms. The van der Waals surface area contributed by atoms with Crippen LogP contribution in [-0.4, -0.2) is 49.1 Å². The first-order valence-electron chi connectivity index (χ1n) is 12.3. The molecule has 0 amide bonds. The van der Waals surface area contributed by atoms with Gasteiger partial charge in [0.25, 0.3) is 5.60 Å². The lowest BCUT2D eigenvalue weighted by Crippen LogP contribution is -2.54. The fourth-order valence-electron chi connectivity index (χ4n) is 3.90. The van der Waals surface area contributed by atoms with Crippen molar-refractivity contribution in [2.45, 2.75) is 89.7 Å². The van der Waals surface area contributed by atoms with Gasteiger partial charge in [-0.1, -0.05) is 61.4 Å². The fourth-order valence-corrected chi connectivity index (χ4v) is 3.90. The monoisotopic (exact) mass is 528 g/mol. The Bertz CT molecular complexity index is 937. The summed E-state index contributed by atoms with van der Waals surface area (Å²) < 4.78 is 57.7. The van der Waals surface area contributed by atoms with Crippen LogP contribution >= 0.6 is 0 Å². The molecule has 1 aromatic carbocycles. The molecule has 208 valence electrons. The molecule has 0 aromatic heterocycles. The molecule has 9 heteroatoms. The van der Waals surface area contributed by atoms with E-state index in [4.69, 9.17) is 9.47 Å². The average molecular weight is 529 g/mol. The van der Waals surface area contributed by atoms with E-state index >= 15 is 0 Å². The maximum Gasteiger partial charge on any atom is 0.432 e. The number of carbonyl (C=O) groups is 2. The molecule has 0 unspecified atom stereocenters. The predicted octanol–water partition coefficient (Wildman–Crippen LogP) is 6.18. The van der Waals surface area contributed by atoms with Crippen molar-refractivity contribution in [2.24, 2.45) is 0 Å². The number of ether oxygens (including phenoxy) is 3. The van der Waals surface area contributed by atoms with Gasteiger partial charge in [0.05, 0.1) is 12.7 Å². The van der Waals surface area contributed by atoms with Crippen molar-refractivity contribution in [3.05, 3.63) is 59.2 Å². The molecule has 0 aliphatic carbocycles. The van der Waals surface area contributed by atoms with Gasteiger partial charge in [0.1, 0.15) is 6.10 Å². The summed E-state index contributed by atoms with van der Waals surface area (Å²) >= 11 is 0. The van der Waals surface area contributed by atoms with Gasteiger partial charge in [0.15, 0.2) is 0 Å². The Kier molecular flexibility index (Phi) is 12.5. The highest BCUT2D eigenvalue weighted by atomic mass is 19.4. The minimum absolute atomic E-state index is 0.121. The van der Waals surface area contributed by atoms with Crippen LogP contribution in [0.25, 0.3) is 0 Å². The largest absolute Gasteiger partial charge is 0.466 e. The van der Waals surface area contributed by atoms with Gasteiger partial charge in [-0.2, -0.15) is 13.2 Å². The number of halogens is 3. The van der Waals surface area contributed by atoms with E-state index in [-0.39, 0.29) is 12.8 Å². The Morgan fingerprint density at radius 3 is 2.19 bits per heavy atom. The van der Waals surface area contributed by atoms with Gasteiger partial charge in [-0.15, -0.1) is 0 Å². The maximum atomic E-state index is 14.3. The molecule has 0 bridgehead atoms. The summed E-state index contributed by atoms with van der Waals surface area (Å²) in [6.45, 7) is 6.86. The molecule has 0 fully saturated rings. The summed E-state index contributed by atoms with van der Waals surface area (Å²) in [5, 5.41) is 10.9. The second-order valence-electron chi connectivity index (χ2n) is 9.16. The smallest absolute Gasteiger partial charge is 0.432 e. The summed E-state index contributed by atoms with van der Waals surface area (Å²) in [5.41, 5.74) is -3.45. The Labute approximate surface area is 217 Å². The minimum atomic E-state index is -5.10. The Balaban J connectivity index is 3.15. The van der Waals surface area contributed by atoms with Crippen molar-refractivity contribution in [3.8, 4) is 0 Å². The number of carbonyl (C=O) groups excluding carboxylic acids is 2. The van der Waals surface area contributed by atoms with E-state index in [9.17, 15) is 27.9 Å². The van der Waals surface area contributed by atoms with Crippen LogP contribution in [0.5, 0.6) is 0 Å². The SMILES string of the molecule is CC/C(=C\CC/C(C)=C/C(=O)OC)CC[C@H](OC(=O)[C@](OC)(c1ccccc1)C(F)(F)F)[C@@](C)(O)CC. The predicted molar refractivity (Wildman–Crippen MR) is 135 cm³/mol. The first kappa shape index (κ1) is 32.4. The molecular formula is C28H39F3O6. The Hall–Kier alpha value is -2.65. The molecule has 1 rings (SSSR count). The normalized spacial score (nSPS) is 16.9. The molecule has 1 aromatic rings. The summed E-state index contributed by atoms with van der Waals surface area (Å²) in [6.07, 6.45) is -0.273. The third kappa shape index (κ3) is 8.71. The second kappa shape index (κ2) is 14.3. The highest BCUT2D eigenvalue weighted by Gasteiger charge is 2.64. The average Bonchev–Trinajstić information content (AvgIpc) is 2.85. The van der Waals surface area contributed by atoms with Crippen molar-refractivity contribution in [2.75, 3.05) is 14.2 Å². The lowest BCUT2D eigenvalue weighted by Gasteiger charge is -2.37. The van der Waals surface area contributed by atoms with Crippen LogP contribution in [0.4, 0.5) is 13.2 Å². The zero-order valence-corrected chi connectivity index (χ0v) is 22.5. The summed E-state index contributed by atoms with van der Waals surface area (Å²) in [6, 6.07) is 6.59. The van der Waals surface area contributed by atoms with Crippen LogP contribution in [0.1, 0.15) is 71.8 Å². The van der Waals surface area contributed by atoms with Crippen LogP contribution < -0.4 is 0 Å². The summed E-state index contributed by atoms with van der Waals surface area (Å²) in [4.78, 5) is 24.5. The maximum absolute atomic E-state index is 14.3. The van der Waals surface area contributed by atoms with E-state index < -0.39 is 41.0 Å². The molecule has 3 atom stereocenters. The molecule has 0 spiro atoms. The Morgan fingerprint density at radius 1 is 1.08 bits per heavy atom. The minimum Gasteiger partial charge on any atom is -0.466 e. The lowest BCUT2D eigenvalue weighted by molar-refractivity contribution is -0.281. The zero-order chi connectivity index (χ0) is 28.3. The molecular weight excluding hydrogens is 489 g/mol. The van der Waals surface area contributed by atoms with E-state index in [1.807, 2.05) is 19.9 Å². The number of esters is 2. The van der Waals surface area contributed by atoms with Crippen LogP contribution in [0.3, 0.4) is 0 Å². The summed E-state index contributed by atoms with van der Waals surface area (Å²) in [7, 11) is 2.12. The number of hydrogen-bond acceptors (Lipinski definition) is 6. The van der Waals surface area contributed by atoms with Gasteiger partial charge in [-0.05, 0) is 52.4 Å². The Morgan fingerprint density at radius 2 is 1.70 bits per heavy atom.